The minimum absolute atomic E-state index is 0.0670. The molecule has 0 aliphatic rings. The summed E-state index contributed by atoms with van der Waals surface area (Å²) in [6, 6.07) is 3.55. The van der Waals surface area contributed by atoms with Crippen LogP contribution in [0.1, 0.15) is 6.42 Å². The molecule has 0 spiro atoms. The maximum atomic E-state index is 12.8. The quantitative estimate of drug-likeness (QED) is 0.552. The van der Waals surface area contributed by atoms with E-state index < -0.39 is 17.5 Å². The van der Waals surface area contributed by atoms with Crippen molar-refractivity contribution in [2.45, 2.75) is 6.42 Å². The molecular formula is C10H8FNO2. The predicted molar refractivity (Wildman–Crippen MR) is 50.1 cm³/mol. The number of carbonyl (C=O) groups is 1. The lowest BCUT2D eigenvalue weighted by Crippen LogP contribution is -2.10. The number of carbonyl (C=O) groups excluding carboxylic acids is 1. The van der Waals surface area contributed by atoms with E-state index >= 15 is 0 Å². The van der Waals surface area contributed by atoms with Crippen LogP contribution in [0.2, 0.25) is 0 Å². The van der Waals surface area contributed by atoms with Gasteiger partial charge in [0.15, 0.2) is 11.6 Å². The normalized spacial score (nSPS) is 9.14. The van der Waals surface area contributed by atoms with Gasteiger partial charge in [0, 0.05) is 11.8 Å². The Morgan fingerprint density at radius 3 is 2.93 bits per heavy atom. The number of hydrogen-bond donors (Lipinski definition) is 2. The highest BCUT2D eigenvalue weighted by atomic mass is 19.1. The summed E-state index contributed by atoms with van der Waals surface area (Å²) in [5, 5.41) is 11.2. The van der Waals surface area contributed by atoms with Gasteiger partial charge in [0.2, 0.25) is 5.91 Å². The first-order chi connectivity index (χ1) is 6.63. The Balaban J connectivity index is 2.74. The molecule has 0 saturated heterocycles. The molecule has 0 aliphatic heterocycles. The van der Waals surface area contributed by atoms with Crippen LogP contribution in [0.5, 0.6) is 5.75 Å². The van der Waals surface area contributed by atoms with E-state index in [1.54, 1.807) is 0 Å². The van der Waals surface area contributed by atoms with E-state index in [2.05, 4.69) is 11.2 Å². The van der Waals surface area contributed by atoms with Gasteiger partial charge in [0.05, 0.1) is 6.42 Å². The van der Waals surface area contributed by atoms with Crippen LogP contribution in [-0.4, -0.2) is 11.0 Å². The number of phenolic OH excluding ortho intramolecular Hbond substituents is 1. The van der Waals surface area contributed by atoms with Crippen molar-refractivity contribution in [2.75, 3.05) is 5.32 Å². The zero-order valence-corrected chi connectivity index (χ0v) is 7.25. The molecule has 1 rings (SSSR count). The molecule has 0 unspecified atom stereocenters. The highest BCUT2D eigenvalue weighted by Crippen LogP contribution is 2.19. The Morgan fingerprint density at radius 2 is 2.36 bits per heavy atom. The van der Waals surface area contributed by atoms with Crippen molar-refractivity contribution >= 4 is 11.6 Å². The van der Waals surface area contributed by atoms with Crippen LogP contribution in [0.3, 0.4) is 0 Å². The average molecular weight is 193 g/mol. The first-order valence-corrected chi connectivity index (χ1v) is 3.85. The Kier molecular flexibility index (Phi) is 3.08. The number of rotatable bonds is 2. The molecule has 1 aromatic carbocycles. The molecular weight excluding hydrogens is 185 g/mol. The monoisotopic (exact) mass is 193 g/mol. The third-order valence-corrected chi connectivity index (χ3v) is 1.49. The lowest BCUT2D eigenvalue weighted by molar-refractivity contribution is -0.115. The lowest BCUT2D eigenvalue weighted by Gasteiger charge is -2.03. The second kappa shape index (κ2) is 4.28. The van der Waals surface area contributed by atoms with Gasteiger partial charge in [0.25, 0.3) is 0 Å². The summed E-state index contributed by atoms with van der Waals surface area (Å²) in [4.78, 5) is 11.0. The second-order valence-electron chi connectivity index (χ2n) is 2.60. The molecule has 2 N–H and O–H groups in total. The molecule has 0 aromatic heterocycles. The van der Waals surface area contributed by atoms with E-state index in [9.17, 15) is 9.18 Å². The number of anilines is 1. The molecule has 4 heteroatoms. The fraction of sp³-hybridized carbons (Fsp3) is 0.100. The van der Waals surface area contributed by atoms with Gasteiger partial charge in [-0.05, 0) is 12.1 Å². The van der Waals surface area contributed by atoms with Gasteiger partial charge in [-0.25, -0.2) is 4.39 Å². The number of hydrogen-bond acceptors (Lipinski definition) is 2. The molecule has 0 fully saturated rings. The Labute approximate surface area is 80.6 Å². The Bertz CT molecular complexity index is 396. The topological polar surface area (TPSA) is 49.3 Å². The molecule has 0 saturated carbocycles. The van der Waals surface area contributed by atoms with E-state index in [4.69, 9.17) is 11.5 Å². The van der Waals surface area contributed by atoms with E-state index in [1.807, 2.05) is 0 Å². The largest absolute Gasteiger partial charge is 0.505 e. The molecule has 0 aliphatic carbocycles. The molecule has 0 radical (unpaired) electrons. The zero-order chi connectivity index (χ0) is 10.6. The van der Waals surface area contributed by atoms with Crippen molar-refractivity contribution in [2.24, 2.45) is 0 Å². The summed E-state index contributed by atoms with van der Waals surface area (Å²) in [5.41, 5.74) is 0.264. The number of nitrogens with one attached hydrogen (secondary N) is 1. The fourth-order valence-corrected chi connectivity index (χ4v) is 0.883. The number of phenols is 1. The Hall–Kier alpha value is -2.02. The van der Waals surface area contributed by atoms with Crippen LogP contribution < -0.4 is 5.32 Å². The molecule has 0 atom stereocenters. The number of halogens is 1. The van der Waals surface area contributed by atoms with Crippen LogP contribution in [0.4, 0.5) is 10.1 Å². The second-order valence-corrected chi connectivity index (χ2v) is 2.60. The first-order valence-electron chi connectivity index (χ1n) is 3.85. The van der Waals surface area contributed by atoms with Crippen LogP contribution in [0.25, 0.3) is 0 Å². The van der Waals surface area contributed by atoms with Gasteiger partial charge < -0.3 is 10.4 Å². The van der Waals surface area contributed by atoms with Crippen molar-refractivity contribution < 1.29 is 14.3 Å². The Morgan fingerprint density at radius 1 is 1.64 bits per heavy atom. The summed E-state index contributed by atoms with van der Waals surface area (Å²) in [6.07, 6.45) is 4.85. The van der Waals surface area contributed by atoms with E-state index in [-0.39, 0.29) is 12.1 Å². The average Bonchev–Trinajstić information content (AvgIpc) is 2.12. The first kappa shape index (κ1) is 10.1. The molecule has 14 heavy (non-hydrogen) atoms. The SMILES string of the molecule is C#CCC(=O)Nc1ccc(O)c(F)c1. The predicted octanol–water partition coefficient (Wildman–Crippen LogP) is 1.49. The third kappa shape index (κ3) is 2.49. The maximum Gasteiger partial charge on any atom is 0.236 e. The summed E-state index contributed by atoms with van der Waals surface area (Å²) in [5.74, 6) is 0.521. The molecule has 0 bridgehead atoms. The van der Waals surface area contributed by atoms with Gasteiger partial charge in [-0.3, -0.25) is 4.79 Å². The van der Waals surface area contributed by atoms with Gasteiger partial charge in [0.1, 0.15) is 0 Å². The van der Waals surface area contributed by atoms with Crippen molar-refractivity contribution in [3.8, 4) is 18.1 Å². The van der Waals surface area contributed by atoms with Crippen molar-refractivity contribution in [1.82, 2.24) is 0 Å². The molecule has 1 amide bonds. The van der Waals surface area contributed by atoms with E-state index in [0.29, 0.717) is 0 Å². The molecule has 1 aromatic rings. The summed E-state index contributed by atoms with van der Waals surface area (Å²) >= 11 is 0. The van der Waals surface area contributed by atoms with Crippen LogP contribution in [-0.2, 0) is 4.79 Å². The highest BCUT2D eigenvalue weighted by Gasteiger charge is 2.03. The lowest BCUT2D eigenvalue weighted by atomic mass is 10.3. The maximum absolute atomic E-state index is 12.8. The molecule has 3 nitrogen and oxygen atoms in total. The summed E-state index contributed by atoms with van der Waals surface area (Å²) in [6.45, 7) is 0. The van der Waals surface area contributed by atoms with Crippen LogP contribution in [0.15, 0.2) is 18.2 Å². The van der Waals surface area contributed by atoms with Crippen LogP contribution >= 0.6 is 0 Å². The fourth-order valence-electron chi connectivity index (χ4n) is 0.883. The van der Waals surface area contributed by atoms with Crippen molar-refractivity contribution in [3.63, 3.8) is 0 Å². The van der Waals surface area contributed by atoms with Gasteiger partial charge in [-0.2, -0.15) is 0 Å². The number of aromatic hydroxyl groups is 1. The highest BCUT2D eigenvalue weighted by molar-refractivity contribution is 5.92. The summed E-state index contributed by atoms with van der Waals surface area (Å²) in [7, 11) is 0. The zero-order valence-electron chi connectivity index (χ0n) is 7.25. The van der Waals surface area contributed by atoms with E-state index in [0.717, 1.165) is 12.1 Å². The van der Waals surface area contributed by atoms with Gasteiger partial charge in [-0.15, -0.1) is 6.42 Å². The number of benzene rings is 1. The molecule has 0 heterocycles. The van der Waals surface area contributed by atoms with Crippen LogP contribution in [0, 0.1) is 18.2 Å². The summed E-state index contributed by atoms with van der Waals surface area (Å²) < 4.78 is 12.8. The van der Waals surface area contributed by atoms with Gasteiger partial charge in [-0.1, -0.05) is 5.92 Å². The number of terminal acetylenes is 1. The third-order valence-electron chi connectivity index (χ3n) is 1.49. The van der Waals surface area contributed by atoms with Gasteiger partial charge >= 0.3 is 0 Å². The standard InChI is InChI=1S/C10H8FNO2/c1-2-3-10(14)12-7-4-5-9(13)8(11)6-7/h1,4-6,13H,3H2,(H,12,14). The van der Waals surface area contributed by atoms with E-state index in [1.165, 1.54) is 6.07 Å². The van der Waals surface area contributed by atoms with Crippen molar-refractivity contribution in [3.05, 3.63) is 24.0 Å². The number of amides is 1. The minimum atomic E-state index is -0.788. The minimum Gasteiger partial charge on any atom is -0.505 e. The smallest absolute Gasteiger partial charge is 0.236 e. The van der Waals surface area contributed by atoms with Crippen molar-refractivity contribution in [1.29, 1.82) is 0 Å². The molecule has 72 valence electrons.